The Morgan fingerprint density at radius 3 is 3.00 bits per heavy atom. The number of ether oxygens (including phenoxy) is 1. The van der Waals surface area contributed by atoms with Crippen LogP contribution in [0.5, 0.6) is 11.5 Å². The molecule has 9 nitrogen and oxygen atoms in total. The van der Waals surface area contributed by atoms with E-state index in [1.54, 1.807) is 18.2 Å². The molecule has 2 rings (SSSR count). The Hall–Kier alpha value is -3.10. The summed E-state index contributed by atoms with van der Waals surface area (Å²) in [6, 6.07) is 4.85. The molecule has 1 aromatic carbocycles. The standard InChI is InChI=1S/C11H11N5O4/c1-19-7-4-2-3-6(9(7)17)5-13-14-11(18)8-10(12)16-20-15-8/h2-5,17H,1H3,(H2,12,16)(H,14,18)/b13-5+. The van der Waals surface area contributed by atoms with Crippen LogP contribution in [0.3, 0.4) is 0 Å². The second-order valence-corrected chi connectivity index (χ2v) is 3.60. The fourth-order valence-corrected chi connectivity index (χ4v) is 1.37. The predicted molar refractivity (Wildman–Crippen MR) is 68.4 cm³/mol. The quantitative estimate of drug-likeness (QED) is 0.533. The highest BCUT2D eigenvalue weighted by Crippen LogP contribution is 2.27. The van der Waals surface area contributed by atoms with Gasteiger partial charge in [-0.1, -0.05) is 6.07 Å². The van der Waals surface area contributed by atoms with E-state index < -0.39 is 5.91 Å². The van der Waals surface area contributed by atoms with Crippen LogP contribution in [0.25, 0.3) is 0 Å². The monoisotopic (exact) mass is 277 g/mol. The van der Waals surface area contributed by atoms with Crippen molar-refractivity contribution in [1.82, 2.24) is 15.7 Å². The van der Waals surface area contributed by atoms with Gasteiger partial charge >= 0.3 is 0 Å². The number of carbonyl (C=O) groups excluding carboxylic acids is 1. The summed E-state index contributed by atoms with van der Waals surface area (Å²) in [7, 11) is 1.43. The van der Waals surface area contributed by atoms with E-state index in [0.29, 0.717) is 11.3 Å². The van der Waals surface area contributed by atoms with Crippen molar-refractivity contribution < 1.29 is 19.3 Å². The maximum atomic E-state index is 11.6. The highest BCUT2D eigenvalue weighted by molar-refractivity contribution is 5.96. The fourth-order valence-electron chi connectivity index (χ4n) is 1.37. The zero-order valence-corrected chi connectivity index (χ0v) is 10.4. The first kappa shape index (κ1) is 13.3. The molecule has 104 valence electrons. The minimum absolute atomic E-state index is 0.0874. The molecule has 0 bridgehead atoms. The van der Waals surface area contributed by atoms with Crippen LogP contribution < -0.4 is 15.9 Å². The average molecular weight is 277 g/mol. The van der Waals surface area contributed by atoms with E-state index in [9.17, 15) is 9.90 Å². The van der Waals surface area contributed by atoms with Gasteiger partial charge in [-0.2, -0.15) is 5.10 Å². The summed E-state index contributed by atoms with van der Waals surface area (Å²) in [5.74, 6) is -0.606. The van der Waals surface area contributed by atoms with Gasteiger partial charge in [0.05, 0.1) is 13.3 Å². The van der Waals surface area contributed by atoms with Crippen LogP contribution in [0.2, 0.25) is 0 Å². The van der Waals surface area contributed by atoms with Crippen LogP contribution in [-0.2, 0) is 0 Å². The lowest BCUT2D eigenvalue weighted by molar-refractivity contribution is 0.0946. The molecule has 2 aromatic rings. The van der Waals surface area contributed by atoms with E-state index in [4.69, 9.17) is 10.5 Å². The maximum absolute atomic E-state index is 11.6. The number of nitrogens with two attached hydrogens (primary N) is 1. The number of methoxy groups -OCH3 is 1. The number of hydrazone groups is 1. The zero-order chi connectivity index (χ0) is 14.5. The number of carbonyl (C=O) groups is 1. The summed E-state index contributed by atoms with van der Waals surface area (Å²) in [4.78, 5) is 11.6. The maximum Gasteiger partial charge on any atom is 0.297 e. The van der Waals surface area contributed by atoms with Gasteiger partial charge in [0.1, 0.15) is 0 Å². The minimum atomic E-state index is -0.678. The van der Waals surface area contributed by atoms with Crippen LogP contribution in [0.15, 0.2) is 27.9 Å². The Kier molecular flexibility index (Phi) is 3.80. The number of nitrogens with zero attached hydrogens (tertiary/aromatic N) is 3. The van der Waals surface area contributed by atoms with E-state index in [-0.39, 0.29) is 17.3 Å². The Labute approximate surface area is 113 Å². The van der Waals surface area contributed by atoms with Gasteiger partial charge in [-0.3, -0.25) is 4.79 Å². The molecule has 0 aliphatic carbocycles. The van der Waals surface area contributed by atoms with Crippen molar-refractivity contribution in [3.05, 3.63) is 29.5 Å². The van der Waals surface area contributed by atoms with Gasteiger partial charge in [-0.25, -0.2) is 10.1 Å². The molecule has 0 radical (unpaired) electrons. The van der Waals surface area contributed by atoms with Crippen molar-refractivity contribution in [2.24, 2.45) is 5.10 Å². The van der Waals surface area contributed by atoms with Crippen molar-refractivity contribution in [3.8, 4) is 11.5 Å². The van der Waals surface area contributed by atoms with Crippen LogP contribution >= 0.6 is 0 Å². The number of phenols is 1. The number of anilines is 1. The number of rotatable bonds is 4. The van der Waals surface area contributed by atoms with Crippen LogP contribution in [0, 0.1) is 0 Å². The number of hydrogen-bond donors (Lipinski definition) is 3. The van der Waals surface area contributed by atoms with Crippen molar-refractivity contribution in [1.29, 1.82) is 0 Å². The molecular weight excluding hydrogens is 266 g/mol. The molecule has 1 heterocycles. The fraction of sp³-hybridized carbons (Fsp3) is 0.0909. The average Bonchev–Trinajstić information content (AvgIpc) is 2.87. The largest absolute Gasteiger partial charge is 0.504 e. The molecule has 9 heteroatoms. The van der Waals surface area contributed by atoms with Crippen molar-refractivity contribution in [2.75, 3.05) is 12.8 Å². The summed E-state index contributed by atoms with van der Waals surface area (Å²) in [5.41, 5.74) is 7.73. The van der Waals surface area contributed by atoms with Gasteiger partial charge in [0.15, 0.2) is 11.5 Å². The third-order valence-corrected chi connectivity index (χ3v) is 2.35. The first-order valence-electron chi connectivity index (χ1n) is 5.41. The lowest BCUT2D eigenvalue weighted by atomic mass is 10.2. The van der Waals surface area contributed by atoms with Gasteiger partial charge in [0, 0.05) is 5.56 Å². The lowest BCUT2D eigenvalue weighted by Crippen LogP contribution is -2.19. The van der Waals surface area contributed by atoms with Gasteiger partial charge in [0.25, 0.3) is 5.91 Å². The third-order valence-electron chi connectivity index (χ3n) is 2.35. The number of benzene rings is 1. The number of phenolic OH excluding ortho intramolecular Hbond substituents is 1. The molecule has 0 saturated carbocycles. The molecule has 4 N–H and O–H groups in total. The Morgan fingerprint density at radius 1 is 1.55 bits per heavy atom. The molecular formula is C11H11N5O4. The Morgan fingerprint density at radius 2 is 2.35 bits per heavy atom. The number of aromatic hydroxyl groups is 1. The van der Waals surface area contributed by atoms with E-state index >= 15 is 0 Å². The summed E-state index contributed by atoms with van der Waals surface area (Å²) >= 11 is 0. The number of nitrogen functional groups attached to an aromatic ring is 1. The SMILES string of the molecule is COc1cccc(/C=N/NC(=O)c2nonc2N)c1O. The predicted octanol–water partition coefficient (Wildman–Crippen LogP) is 0.130. The highest BCUT2D eigenvalue weighted by Gasteiger charge is 2.15. The summed E-state index contributed by atoms with van der Waals surface area (Å²) in [6.07, 6.45) is 1.25. The van der Waals surface area contributed by atoms with Crippen LogP contribution in [-0.4, -0.2) is 34.7 Å². The third kappa shape index (κ3) is 2.66. The number of aromatic nitrogens is 2. The number of hydrogen-bond acceptors (Lipinski definition) is 8. The Bertz CT molecular complexity index is 652. The van der Waals surface area contributed by atoms with Gasteiger partial charge in [-0.05, 0) is 22.4 Å². The van der Waals surface area contributed by atoms with Gasteiger partial charge < -0.3 is 15.6 Å². The van der Waals surface area contributed by atoms with E-state index in [1.807, 2.05) is 0 Å². The van der Waals surface area contributed by atoms with Crippen LogP contribution in [0.4, 0.5) is 5.82 Å². The van der Waals surface area contributed by atoms with Crippen molar-refractivity contribution in [2.45, 2.75) is 0 Å². The molecule has 0 fully saturated rings. The van der Waals surface area contributed by atoms with Crippen LogP contribution in [0.1, 0.15) is 16.1 Å². The lowest BCUT2D eigenvalue weighted by Gasteiger charge is -2.04. The molecule has 1 aromatic heterocycles. The number of amides is 1. The molecule has 0 saturated heterocycles. The normalized spacial score (nSPS) is 10.7. The van der Waals surface area contributed by atoms with Gasteiger partial charge in [-0.15, -0.1) is 0 Å². The van der Waals surface area contributed by atoms with E-state index in [0.717, 1.165) is 0 Å². The second kappa shape index (κ2) is 5.69. The summed E-state index contributed by atoms with van der Waals surface area (Å²) < 4.78 is 9.23. The molecule has 1 amide bonds. The first-order valence-corrected chi connectivity index (χ1v) is 5.41. The number of nitrogens with one attached hydrogen (secondary N) is 1. The molecule has 0 spiro atoms. The molecule has 20 heavy (non-hydrogen) atoms. The summed E-state index contributed by atoms with van der Waals surface area (Å²) in [5, 5.41) is 20.0. The second-order valence-electron chi connectivity index (χ2n) is 3.60. The van der Waals surface area contributed by atoms with E-state index in [2.05, 4.69) is 25.5 Å². The Balaban J connectivity index is 2.08. The number of para-hydroxylation sites is 1. The summed E-state index contributed by atoms with van der Waals surface area (Å²) in [6.45, 7) is 0. The molecule has 0 aliphatic rings. The minimum Gasteiger partial charge on any atom is -0.504 e. The van der Waals surface area contributed by atoms with Crippen molar-refractivity contribution in [3.63, 3.8) is 0 Å². The smallest absolute Gasteiger partial charge is 0.297 e. The van der Waals surface area contributed by atoms with Gasteiger partial charge in [0.2, 0.25) is 11.5 Å². The molecule has 0 unspecified atom stereocenters. The topological polar surface area (TPSA) is 136 Å². The first-order chi connectivity index (χ1) is 9.63. The molecule has 0 aliphatic heterocycles. The highest BCUT2D eigenvalue weighted by atomic mass is 16.6. The molecule has 0 atom stereocenters. The van der Waals surface area contributed by atoms with E-state index in [1.165, 1.54) is 13.3 Å². The zero-order valence-electron chi connectivity index (χ0n) is 10.4. The van der Waals surface area contributed by atoms with Crippen molar-refractivity contribution >= 4 is 17.9 Å².